The van der Waals surface area contributed by atoms with Gasteiger partial charge in [0, 0.05) is 23.4 Å². The molecular formula is C14H16N4O3. The highest BCUT2D eigenvalue weighted by Crippen LogP contribution is 2.33. The Hall–Kier alpha value is -2.70. The number of rotatable bonds is 3. The van der Waals surface area contributed by atoms with E-state index >= 15 is 0 Å². The molecule has 0 atom stereocenters. The zero-order valence-electron chi connectivity index (χ0n) is 12.0. The number of nitro benzene ring substituents is 1. The minimum Gasteiger partial charge on any atom is -0.505 e. The molecule has 0 radical (unpaired) electrons. The van der Waals surface area contributed by atoms with Crippen LogP contribution in [-0.2, 0) is 0 Å². The number of hydrazone groups is 1. The van der Waals surface area contributed by atoms with Crippen molar-refractivity contribution in [1.29, 1.82) is 0 Å². The van der Waals surface area contributed by atoms with Crippen LogP contribution in [0.3, 0.4) is 0 Å². The Morgan fingerprint density at radius 2 is 2.19 bits per heavy atom. The second-order valence-corrected chi connectivity index (χ2v) is 5.61. The summed E-state index contributed by atoms with van der Waals surface area (Å²) >= 11 is 0. The summed E-state index contributed by atoms with van der Waals surface area (Å²) in [6, 6.07) is 4.42. The summed E-state index contributed by atoms with van der Waals surface area (Å²) in [5.74, 6) is -0.129. The summed E-state index contributed by atoms with van der Waals surface area (Å²) in [6.07, 6.45) is 2.82. The molecular weight excluding hydrogens is 272 g/mol. The van der Waals surface area contributed by atoms with Gasteiger partial charge in [-0.15, -0.1) is 0 Å². The molecule has 7 nitrogen and oxygen atoms in total. The van der Waals surface area contributed by atoms with Gasteiger partial charge in [-0.25, -0.2) is 0 Å². The lowest BCUT2D eigenvalue weighted by Crippen LogP contribution is -2.31. The molecule has 2 rings (SSSR count). The third-order valence-corrected chi connectivity index (χ3v) is 2.67. The second-order valence-electron chi connectivity index (χ2n) is 5.61. The van der Waals surface area contributed by atoms with Crippen molar-refractivity contribution in [3.8, 4) is 5.75 Å². The number of aromatic hydroxyl groups is 1. The summed E-state index contributed by atoms with van der Waals surface area (Å²) in [6.45, 7) is 5.78. The molecule has 2 aromatic rings. The van der Waals surface area contributed by atoms with Gasteiger partial charge in [0.05, 0.1) is 16.5 Å². The maximum absolute atomic E-state index is 11.1. The average Bonchev–Trinajstić information content (AvgIpc) is 2.40. The average molecular weight is 288 g/mol. The lowest BCUT2D eigenvalue weighted by molar-refractivity contribution is -0.383. The van der Waals surface area contributed by atoms with Crippen LogP contribution >= 0.6 is 0 Å². The van der Waals surface area contributed by atoms with E-state index in [0.717, 1.165) is 0 Å². The number of non-ortho nitro benzene ring substituents is 1. The Morgan fingerprint density at radius 1 is 1.48 bits per heavy atom. The number of nitrogens with zero attached hydrogens (tertiary/aromatic N) is 3. The fourth-order valence-corrected chi connectivity index (χ4v) is 1.78. The fraction of sp³-hybridized carbons (Fsp3) is 0.286. The highest BCUT2D eigenvalue weighted by molar-refractivity contribution is 6.00. The third-order valence-electron chi connectivity index (χ3n) is 2.67. The zero-order chi connectivity index (χ0) is 15.6. The van der Waals surface area contributed by atoms with Gasteiger partial charge in [0.2, 0.25) is 0 Å². The molecule has 21 heavy (non-hydrogen) atoms. The van der Waals surface area contributed by atoms with E-state index in [1.165, 1.54) is 18.5 Å². The molecule has 7 heteroatoms. The van der Waals surface area contributed by atoms with Gasteiger partial charge >= 0.3 is 0 Å². The van der Waals surface area contributed by atoms with Crippen LogP contribution in [0.1, 0.15) is 26.3 Å². The van der Waals surface area contributed by atoms with E-state index < -0.39 is 4.92 Å². The molecule has 0 spiro atoms. The van der Waals surface area contributed by atoms with E-state index in [-0.39, 0.29) is 28.1 Å². The minimum absolute atomic E-state index is 0.117. The van der Waals surface area contributed by atoms with Crippen molar-refractivity contribution in [2.24, 2.45) is 5.10 Å². The number of hydrogen-bond donors (Lipinski definition) is 2. The van der Waals surface area contributed by atoms with Crippen molar-refractivity contribution in [2.45, 2.75) is 26.3 Å². The Bertz CT molecular complexity index is 720. The van der Waals surface area contributed by atoms with Gasteiger partial charge in [0.15, 0.2) is 5.75 Å². The topological polar surface area (TPSA) is 101 Å². The van der Waals surface area contributed by atoms with Gasteiger partial charge < -0.3 is 10.5 Å². The smallest absolute Gasteiger partial charge is 0.279 e. The highest BCUT2D eigenvalue weighted by atomic mass is 16.6. The van der Waals surface area contributed by atoms with Crippen molar-refractivity contribution >= 4 is 22.8 Å². The number of benzene rings is 1. The Morgan fingerprint density at radius 3 is 2.81 bits per heavy atom. The zero-order valence-corrected chi connectivity index (χ0v) is 12.0. The van der Waals surface area contributed by atoms with Gasteiger partial charge in [-0.3, -0.25) is 15.1 Å². The van der Waals surface area contributed by atoms with E-state index in [0.29, 0.717) is 5.39 Å². The third kappa shape index (κ3) is 3.25. The Kier molecular flexibility index (Phi) is 3.75. The van der Waals surface area contributed by atoms with Crippen LogP contribution in [0.4, 0.5) is 5.69 Å². The van der Waals surface area contributed by atoms with Crippen molar-refractivity contribution in [3.05, 3.63) is 40.1 Å². The number of nitro groups is 1. The lowest BCUT2D eigenvalue weighted by Gasteiger charge is -2.17. The molecule has 0 aliphatic heterocycles. The van der Waals surface area contributed by atoms with Crippen LogP contribution < -0.4 is 5.43 Å². The van der Waals surface area contributed by atoms with E-state index in [2.05, 4.69) is 15.5 Å². The van der Waals surface area contributed by atoms with Crippen molar-refractivity contribution in [1.82, 2.24) is 10.4 Å². The minimum atomic E-state index is -0.502. The number of aromatic nitrogens is 1. The monoisotopic (exact) mass is 288 g/mol. The number of nitrogens with one attached hydrogen (secondary N) is 1. The molecule has 110 valence electrons. The highest BCUT2D eigenvalue weighted by Gasteiger charge is 2.18. The molecule has 0 amide bonds. The number of fused-ring (bicyclic) bond motifs is 1. The maximum atomic E-state index is 11.1. The molecule has 1 aromatic carbocycles. The molecule has 2 N–H and O–H groups in total. The largest absolute Gasteiger partial charge is 0.505 e. The van der Waals surface area contributed by atoms with Crippen LogP contribution in [-0.4, -0.2) is 26.8 Å². The molecule has 1 aromatic heterocycles. The number of pyridine rings is 1. The molecule has 1 heterocycles. The summed E-state index contributed by atoms with van der Waals surface area (Å²) in [5, 5.41) is 25.6. The molecule has 0 saturated carbocycles. The maximum Gasteiger partial charge on any atom is 0.279 e. The Labute approximate surface area is 121 Å². The van der Waals surface area contributed by atoms with Crippen LogP contribution in [0.5, 0.6) is 5.75 Å². The van der Waals surface area contributed by atoms with Gasteiger partial charge in [0.1, 0.15) is 5.52 Å². The first-order chi connectivity index (χ1) is 9.79. The summed E-state index contributed by atoms with van der Waals surface area (Å²) in [7, 11) is 0. The molecule has 0 unspecified atom stereocenters. The summed E-state index contributed by atoms with van der Waals surface area (Å²) in [5.41, 5.74) is 2.93. The molecule has 0 aliphatic rings. The van der Waals surface area contributed by atoms with Crippen LogP contribution in [0, 0.1) is 10.1 Å². The van der Waals surface area contributed by atoms with E-state index in [4.69, 9.17) is 0 Å². The predicted octanol–water partition coefficient (Wildman–Crippen LogP) is 2.57. The number of phenols is 1. The fourth-order valence-electron chi connectivity index (χ4n) is 1.78. The van der Waals surface area contributed by atoms with Crippen molar-refractivity contribution < 1.29 is 10.0 Å². The first-order valence-corrected chi connectivity index (χ1v) is 6.35. The standard InChI is InChI=1S/C14H16N4O3/c1-14(2,3)17-16-8-9-7-11(18(20)21)10-5-4-6-15-12(10)13(9)19/h4-8,17,19H,1-3H3/b16-8+. The molecule has 0 fully saturated rings. The van der Waals surface area contributed by atoms with E-state index in [1.807, 2.05) is 20.8 Å². The van der Waals surface area contributed by atoms with Crippen LogP contribution in [0.15, 0.2) is 29.5 Å². The SMILES string of the molecule is CC(C)(C)N/N=C/c1cc([N+](=O)[O-])c2cccnc2c1O. The second kappa shape index (κ2) is 5.35. The molecule has 0 bridgehead atoms. The van der Waals surface area contributed by atoms with Crippen molar-refractivity contribution in [3.63, 3.8) is 0 Å². The van der Waals surface area contributed by atoms with E-state index in [1.54, 1.807) is 12.1 Å². The van der Waals surface area contributed by atoms with Crippen LogP contribution in [0.25, 0.3) is 10.9 Å². The normalized spacial score (nSPS) is 12.0. The molecule has 0 saturated heterocycles. The summed E-state index contributed by atoms with van der Waals surface area (Å²) in [4.78, 5) is 14.7. The van der Waals surface area contributed by atoms with Gasteiger partial charge in [-0.1, -0.05) is 0 Å². The Balaban J connectivity index is 2.55. The van der Waals surface area contributed by atoms with Crippen molar-refractivity contribution in [2.75, 3.05) is 0 Å². The van der Waals surface area contributed by atoms with E-state index in [9.17, 15) is 15.2 Å². The molecule has 0 aliphatic carbocycles. The van der Waals surface area contributed by atoms with Gasteiger partial charge in [0.25, 0.3) is 5.69 Å². The summed E-state index contributed by atoms with van der Waals surface area (Å²) < 4.78 is 0. The van der Waals surface area contributed by atoms with Crippen LogP contribution in [0.2, 0.25) is 0 Å². The number of hydrogen-bond acceptors (Lipinski definition) is 6. The first kappa shape index (κ1) is 14.7. The van der Waals surface area contributed by atoms with Gasteiger partial charge in [-0.2, -0.15) is 5.10 Å². The predicted molar refractivity (Wildman–Crippen MR) is 80.5 cm³/mol. The first-order valence-electron chi connectivity index (χ1n) is 6.35. The quantitative estimate of drug-likeness (QED) is 0.513. The van der Waals surface area contributed by atoms with Gasteiger partial charge in [-0.05, 0) is 32.9 Å². The number of phenolic OH excluding ortho intramolecular Hbond substituents is 1. The lowest BCUT2D eigenvalue weighted by atomic mass is 10.1.